The molecule has 1 aliphatic heterocycles. The van der Waals surface area contributed by atoms with Crippen LogP contribution in [0.25, 0.3) is 0 Å². The fourth-order valence-electron chi connectivity index (χ4n) is 3.06. The summed E-state index contributed by atoms with van der Waals surface area (Å²) >= 11 is 0. The number of nitrogens with one attached hydrogen (secondary N) is 2. The molecular formula is C17H25N7O2. The second-order valence-corrected chi connectivity index (χ2v) is 6.80. The molecular weight excluding hydrogens is 334 g/mol. The Morgan fingerprint density at radius 3 is 2.81 bits per heavy atom. The zero-order valence-corrected chi connectivity index (χ0v) is 15.4. The molecule has 2 aromatic heterocycles. The summed E-state index contributed by atoms with van der Waals surface area (Å²) in [6, 6.07) is 1.90. The summed E-state index contributed by atoms with van der Waals surface area (Å²) in [6.07, 6.45) is 7.03. The quantitative estimate of drug-likeness (QED) is 0.796. The smallest absolute Gasteiger partial charge is 0.246 e. The number of carbonyl (C=O) groups excluding carboxylic acids is 1. The molecule has 0 saturated carbocycles. The molecule has 140 valence electrons. The molecule has 1 amide bonds. The van der Waals surface area contributed by atoms with Crippen LogP contribution >= 0.6 is 0 Å². The van der Waals surface area contributed by atoms with Crippen molar-refractivity contribution in [1.82, 2.24) is 25.1 Å². The molecule has 0 aliphatic carbocycles. The Balaban J connectivity index is 1.60. The van der Waals surface area contributed by atoms with E-state index in [2.05, 4.69) is 37.5 Å². The maximum Gasteiger partial charge on any atom is 0.246 e. The van der Waals surface area contributed by atoms with Gasteiger partial charge in [0.1, 0.15) is 12.4 Å². The van der Waals surface area contributed by atoms with Gasteiger partial charge in [0.25, 0.3) is 0 Å². The predicted octanol–water partition coefficient (Wildman–Crippen LogP) is 1.08. The van der Waals surface area contributed by atoms with E-state index in [-0.39, 0.29) is 18.1 Å². The van der Waals surface area contributed by atoms with Crippen LogP contribution in [0.15, 0.2) is 24.7 Å². The van der Waals surface area contributed by atoms with Gasteiger partial charge >= 0.3 is 0 Å². The molecule has 0 bridgehead atoms. The monoisotopic (exact) mass is 359 g/mol. The van der Waals surface area contributed by atoms with Crippen LogP contribution in [0, 0.1) is 0 Å². The lowest BCUT2D eigenvalue weighted by Gasteiger charge is -2.40. The number of hydrogen-bond donors (Lipinski definition) is 2. The molecule has 9 nitrogen and oxygen atoms in total. The van der Waals surface area contributed by atoms with Crippen molar-refractivity contribution in [2.45, 2.75) is 25.3 Å². The Morgan fingerprint density at radius 1 is 1.38 bits per heavy atom. The maximum absolute atomic E-state index is 11.8. The highest BCUT2D eigenvalue weighted by molar-refractivity contribution is 5.78. The van der Waals surface area contributed by atoms with Crippen molar-refractivity contribution in [3.63, 3.8) is 0 Å². The second kappa shape index (κ2) is 7.69. The molecule has 2 aromatic rings. The van der Waals surface area contributed by atoms with Gasteiger partial charge in [-0.2, -0.15) is 10.1 Å². The van der Waals surface area contributed by atoms with Crippen LogP contribution < -0.4 is 15.5 Å². The number of piperidine rings is 1. The molecule has 26 heavy (non-hydrogen) atoms. The van der Waals surface area contributed by atoms with Crippen molar-refractivity contribution in [3.8, 4) is 0 Å². The average molecular weight is 359 g/mol. The molecule has 3 heterocycles. The molecule has 0 radical (unpaired) electrons. The van der Waals surface area contributed by atoms with Crippen molar-refractivity contribution in [1.29, 1.82) is 0 Å². The number of anilines is 3. The molecule has 0 atom stereocenters. The first-order chi connectivity index (χ1) is 12.5. The number of hydrogen-bond acceptors (Lipinski definition) is 7. The number of ether oxygens (including phenoxy) is 1. The second-order valence-electron chi connectivity index (χ2n) is 6.80. The summed E-state index contributed by atoms with van der Waals surface area (Å²) in [5, 5.41) is 10.3. The minimum atomic E-state index is -0.212. The van der Waals surface area contributed by atoms with Gasteiger partial charge in [0.05, 0.1) is 11.9 Å². The SMILES string of the molecule is COCC(=O)NC1(C)CCN(c2ccnc(Nc3cnn(C)c3)n2)CC1. The fraction of sp³-hybridized carbons (Fsp3) is 0.529. The van der Waals surface area contributed by atoms with E-state index in [1.807, 2.05) is 19.3 Å². The highest BCUT2D eigenvalue weighted by Crippen LogP contribution is 2.25. The largest absolute Gasteiger partial charge is 0.375 e. The summed E-state index contributed by atoms with van der Waals surface area (Å²) in [7, 11) is 3.38. The van der Waals surface area contributed by atoms with Gasteiger partial charge in [-0.05, 0) is 25.8 Å². The molecule has 2 N–H and O–H groups in total. The number of rotatable bonds is 6. The Morgan fingerprint density at radius 2 is 2.15 bits per heavy atom. The normalized spacial score (nSPS) is 16.3. The average Bonchev–Trinajstić information content (AvgIpc) is 3.00. The van der Waals surface area contributed by atoms with Crippen molar-refractivity contribution in [2.24, 2.45) is 7.05 Å². The third-order valence-electron chi connectivity index (χ3n) is 4.51. The highest BCUT2D eigenvalue weighted by atomic mass is 16.5. The first kappa shape index (κ1) is 18.1. The molecule has 9 heteroatoms. The molecule has 1 saturated heterocycles. The van der Waals surface area contributed by atoms with Crippen LogP contribution in [-0.2, 0) is 16.6 Å². The van der Waals surface area contributed by atoms with Crippen LogP contribution in [0.5, 0.6) is 0 Å². The van der Waals surface area contributed by atoms with E-state index in [0.717, 1.165) is 37.4 Å². The minimum absolute atomic E-state index is 0.0755. The van der Waals surface area contributed by atoms with Crippen LogP contribution in [0.4, 0.5) is 17.5 Å². The molecule has 3 rings (SSSR count). The van der Waals surface area contributed by atoms with Crippen molar-refractivity contribution >= 4 is 23.4 Å². The molecule has 1 aliphatic rings. The van der Waals surface area contributed by atoms with Crippen molar-refractivity contribution in [2.75, 3.05) is 37.0 Å². The Bertz CT molecular complexity index is 753. The number of nitrogens with zero attached hydrogens (tertiary/aromatic N) is 5. The Labute approximate surface area is 152 Å². The van der Waals surface area contributed by atoms with Gasteiger partial charge < -0.3 is 20.3 Å². The van der Waals surface area contributed by atoms with E-state index >= 15 is 0 Å². The van der Waals surface area contributed by atoms with Crippen LogP contribution in [-0.4, -0.2) is 58.0 Å². The maximum atomic E-state index is 11.8. The number of amides is 1. The van der Waals surface area contributed by atoms with Crippen LogP contribution in [0.2, 0.25) is 0 Å². The third kappa shape index (κ3) is 4.48. The summed E-state index contributed by atoms with van der Waals surface area (Å²) in [5.74, 6) is 1.34. The van der Waals surface area contributed by atoms with Gasteiger partial charge in [-0.3, -0.25) is 9.48 Å². The summed E-state index contributed by atoms with van der Waals surface area (Å²) < 4.78 is 6.61. The van der Waals surface area contributed by atoms with Gasteiger partial charge in [-0.25, -0.2) is 4.98 Å². The zero-order chi connectivity index (χ0) is 18.6. The van der Waals surface area contributed by atoms with Crippen LogP contribution in [0.3, 0.4) is 0 Å². The standard InChI is InChI=1S/C17H25N7O2/c1-17(22-15(25)12-26-3)5-8-24(9-6-17)14-4-7-18-16(21-14)20-13-10-19-23(2)11-13/h4,7,10-11H,5-6,8-9,12H2,1-3H3,(H,22,25)(H,18,20,21). The van der Waals surface area contributed by atoms with E-state index in [9.17, 15) is 4.79 Å². The molecule has 1 fully saturated rings. The Kier molecular flexibility index (Phi) is 5.36. The number of methoxy groups -OCH3 is 1. The van der Waals surface area contributed by atoms with Gasteiger partial charge in [-0.15, -0.1) is 0 Å². The Hall–Kier alpha value is -2.68. The number of aryl methyl sites for hydroxylation is 1. The molecule has 0 aromatic carbocycles. The lowest BCUT2D eigenvalue weighted by Crippen LogP contribution is -2.54. The minimum Gasteiger partial charge on any atom is -0.375 e. The topological polar surface area (TPSA) is 97.2 Å². The van der Waals surface area contributed by atoms with E-state index in [0.29, 0.717) is 5.95 Å². The van der Waals surface area contributed by atoms with Crippen LogP contribution in [0.1, 0.15) is 19.8 Å². The third-order valence-corrected chi connectivity index (χ3v) is 4.51. The van der Waals surface area contributed by atoms with Crippen molar-refractivity contribution < 1.29 is 9.53 Å². The first-order valence-electron chi connectivity index (χ1n) is 8.61. The van der Waals surface area contributed by atoms with E-state index in [4.69, 9.17) is 4.74 Å². The number of carbonyl (C=O) groups is 1. The van der Waals surface area contributed by atoms with E-state index < -0.39 is 0 Å². The molecule has 0 spiro atoms. The van der Waals surface area contributed by atoms with Gasteiger partial charge in [0, 0.05) is 45.2 Å². The van der Waals surface area contributed by atoms with Gasteiger partial charge in [0.2, 0.25) is 11.9 Å². The van der Waals surface area contributed by atoms with Crippen molar-refractivity contribution in [3.05, 3.63) is 24.7 Å². The van der Waals surface area contributed by atoms with Gasteiger partial charge in [-0.1, -0.05) is 0 Å². The summed E-state index contributed by atoms with van der Waals surface area (Å²) in [6.45, 7) is 3.79. The zero-order valence-electron chi connectivity index (χ0n) is 15.4. The fourth-order valence-corrected chi connectivity index (χ4v) is 3.06. The summed E-state index contributed by atoms with van der Waals surface area (Å²) in [5.41, 5.74) is 0.632. The lowest BCUT2D eigenvalue weighted by atomic mass is 9.89. The van der Waals surface area contributed by atoms with Gasteiger partial charge in [0.15, 0.2) is 0 Å². The number of aromatic nitrogens is 4. The first-order valence-corrected chi connectivity index (χ1v) is 8.61. The summed E-state index contributed by atoms with van der Waals surface area (Å²) in [4.78, 5) is 22.9. The predicted molar refractivity (Wildman–Crippen MR) is 98.4 cm³/mol. The highest BCUT2D eigenvalue weighted by Gasteiger charge is 2.31. The molecule has 0 unspecified atom stereocenters. The lowest BCUT2D eigenvalue weighted by molar-refractivity contribution is -0.126. The van der Waals surface area contributed by atoms with E-state index in [1.165, 1.54) is 7.11 Å². The van der Waals surface area contributed by atoms with E-state index in [1.54, 1.807) is 17.1 Å².